The molecule has 1 aromatic heterocycles. The lowest BCUT2D eigenvalue weighted by atomic mass is 10.1. The van der Waals surface area contributed by atoms with E-state index in [9.17, 15) is 13.2 Å². The first kappa shape index (κ1) is 20.8. The summed E-state index contributed by atoms with van der Waals surface area (Å²) >= 11 is 1.19. The minimum atomic E-state index is -3.73. The number of sulfonamides is 1. The Hall–Kier alpha value is -2.91. The van der Waals surface area contributed by atoms with Crippen LogP contribution < -0.4 is 14.8 Å². The number of benzene rings is 2. The summed E-state index contributed by atoms with van der Waals surface area (Å²) in [6.07, 6.45) is 1.52. The van der Waals surface area contributed by atoms with Gasteiger partial charge in [0.25, 0.3) is 15.9 Å². The predicted molar refractivity (Wildman–Crippen MR) is 114 cm³/mol. The van der Waals surface area contributed by atoms with Crippen molar-refractivity contribution in [3.63, 3.8) is 0 Å². The standard InChI is InChI=1S/C20H21N3O4S2/c1-13-10-14(2)15(3)18(11-13)27-12-19(24)22-16-4-6-17(7-5-16)29(25,26)23-20-21-8-9-28-20/h4-11H,12H2,1-3H3,(H,21,23)(H,22,24). The van der Waals surface area contributed by atoms with Crippen LogP contribution in [0.25, 0.3) is 0 Å². The number of amides is 1. The summed E-state index contributed by atoms with van der Waals surface area (Å²) in [5, 5.41) is 4.67. The molecule has 0 aliphatic carbocycles. The molecule has 3 rings (SSSR count). The molecule has 29 heavy (non-hydrogen) atoms. The van der Waals surface area contributed by atoms with Crippen LogP contribution in [0.3, 0.4) is 0 Å². The number of carbonyl (C=O) groups excluding carboxylic acids is 1. The molecular formula is C20H21N3O4S2. The fourth-order valence-corrected chi connectivity index (χ4v) is 4.44. The van der Waals surface area contributed by atoms with Crippen LogP contribution in [0.1, 0.15) is 16.7 Å². The highest BCUT2D eigenvalue weighted by molar-refractivity contribution is 7.93. The number of carbonyl (C=O) groups is 1. The maximum absolute atomic E-state index is 12.3. The van der Waals surface area contributed by atoms with Gasteiger partial charge in [0.2, 0.25) is 0 Å². The Bertz CT molecular complexity index is 1110. The maximum atomic E-state index is 12.3. The van der Waals surface area contributed by atoms with Gasteiger partial charge in [-0.1, -0.05) is 6.07 Å². The van der Waals surface area contributed by atoms with Crippen molar-refractivity contribution in [2.45, 2.75) is 25.7 Å². The molecule has 0 aliphatic heterocycles. The number of ether oxygens (including phenoxy) is 1. The molecule has 7 nitrogen and oxygen atoms in total. The zero-order valence-electron chi connectivity index (χ0n) is 16.2. The first-order chi connectivity index (χ1) is 13.7. The van der Waals surface area contributed by atoms with Gasteiger partial charge in [-0.15, -0.1) is 11.3 Å². The van der Waals surface area contributed by atoms with Gasteiger partial charge < -0.3 is 10.1 Å². The number of anilines is 2. The van der Waals surface area contributed by atoms with Crippen LogP contribution >= 0.6 is 11.3 Å². The number of thiazole rings is 1. The number of hydrogen-bond donors (Lipinski definition) is 2. The SMILES string of the molecule is Cc1cc(C)c(C)c(OCC(=O)Nc2ccc(S(=O)(=O)Nc3nccs3)cc2)c1. The highest BCUT2D eigenvalue weighted by atomic mass is 32.2. The molecule has 0 spiro atoms. The largest absolute Gasteiger partial charge is 0.483 e. The van der Waals surface area contributed by atoms with Gasteiger partial charge in [-0.3, -0.25) is 9.52 Å². The summed E-state index contributed by atoms with van der Waals surface area (Å²) in [5.41, 5.74) is 3.63. The molecule has 2 N–H and O–H groups in total. The molecule has 3 aromatic rings. The van der Waals surface area contributed by atoms with Crippen LogP contribution in [-0.2, 0) is 14.8 Å². The van der Waals surface area contributed by atoms with Crippen LogP contribution in [0.4, 0.5) is 10.8 Å². The van der Waals surface area contributed by atoms with Gasteiger partial charge in [-0.2, -0.15) is 0 Å². The molecule has 1 heterocycles. The molecular weight excluding hydrogens is 410 g/mol. The number of hydrogen-bond acceptors (Lipinski definition) is 6. The maximum Gasteiger partial charge on any atom is 0.263 e. The molecule has 0 aliphatic rings. The van der Waals surface area contributed by atoms with Gasteiger partial charge >= 0.3 is 0 Å². The summed E-state index contributed by atoms with van der Waals surface area (Å²) in [6.45, 7) is 5.77. The Morgan fingerprint density at radius 1 is 1.14 bits per heavy atom. The zero-order chi connectivity index (χ0) is 21.0. The van der Waals surface area contributed by atoms with Gasteiger partial charge in [0.15, 0.2) is 11.7 Å². The highest BCUT2D eigenvalue weighted by Crippen LogP contribution is 2.23. The van der Waals surface area contributed by atoms with Crippen LogP contribution in [0.2, 0.25) is 0 Å². The second-order valence-corrected chi connectivity index (χ2v) is 9.09. The van der Waals surface area contributed by atoms with Gasteiger partial charge in [-0.25, -0.2) is 13.4 Å². The van der Waals surface area contributed by atoms with Gasteiger partial charge in [-0.05, 0) is 67.8 Å². The van der Waals surface area contributed by atoms with Crippen molar-refractivity contribution in [3.8, 4) is 5.75 Å². The Morgan fingerprint density at radius 3 is 2.52 bits per heavy atom. The molecule has 0 saturated heterocycles. The lowest BCUT2D eigenvalue weighted by molar-refractivity contribution is -0.118. The van der Waals surface area contributed by atoms with Crippen molar-refractivity contribution in [2.75, 3.05) is 16.6 Å². The van der Waals surface area contributed by atoms with E-state index in [1.165, 1.54) is 41.8 Å². The summed E-state index contributed by atoms with van der Waals surface area (Å²) in [5.74, 6) is 0.340. The molecule has 152 valence electrons. The smallest absolute Gasteiger partial charge is 0.263 e. The molecule has 1 amide bonds. The van der Waals surface area contributed by atoms with Crippen molar-refractivity contribution >= 4 is 38.1 Å². The third-order valence-corrected chi connectivity index (χ3v) is 6.40. The lowest BCUT2D eigenvalue weighted by Gasteiger charge is -2.12. The average Bonchev–Trinajstić information content (AvgIpc) is 3.16. The molecule has 0 atom stereocenters. The number of nitrogens with one attached hydrogen (secondary N) is 2. The van der Waals surface area contributed by atoms with E-state index in [2.05, 4.69) is 21.1 Å². The zero-order valence-corrected chi connectivity index (χ0v) is 17.9. The Balaban J connectivity index is 1.60. The van der Waals surface area contributed by atoms with Crippen LogP contribution in [0.15, 0.2) is 52.9 Å². The molecule has 0 saturated carbocycles. The number of nitrogens with zero attached hydrogens (tertiary/aromatic N) is 1. The van der Waals surface area contributed by atoms with Crippen molar-refractivity contribution in [3.05, 3.63) is 64.7 Å². The summed E-state index contributed by atoms with van der Waals surface area (Å²) in [4.78, 5) is 16.2. The van der Waals surface area contributed by atoms with Crippen molar-refractivity contribution in [1.82, 2.24) is 4.98 Å². The van der Waals surface area contributed by atoms with Crippen molar-refractivity contribution < 1.29 is 17.9 Å². The second-order valence-electron chi connectivity index (χ2n) is 6.51. The van der Waals surface area contributed by atoms with E-state index in [0.717, 1.165) is 16.7 Å². The van der Waals surface area contributed by atoms with Crippen LogP contribution in [0, 0.1) is 20.8 Å². The van der Waals surface area contributed by atoms with Gasteiger partial charge in [0.05, 0.1) is 4.90 Å². The van der Waals surface area contributed by atoms with Gasteiger partial charge in [0, 0.05) is 17.3 Å². The molecule has 0 bridgehead atoms. The first-order valence-electron chi connectivity index (χ1n) is 8.77. The topological polar surface area (TPSA) is 97.4 Å². The lowest BCUT2D eigenvalue weighted by Crippen LogP contribution is -2.20. The highest BCUT2D eigenvalue weighted by Gasteiger charge is 2.15. The van der Waals surface area contributed by atoms with E-state index in [-0.39, 0.29) is 17.4 Å². The average molecular weight is 432 g/mol. The molecule has 0 fully saturated rings. The Kier molecular flexibility index (Phi) is 6.19. The number of rotatable bonds is 7. The van der Waals surface area contributed by atoms with E-state index < -0.39 is 10.0 Å². The van der Waals surface area contributed by atoms with Crippen LogP contribution in [-0.4, -0.2) is 25.9 Å². The quantitative estimate of drug-likeness (QED) is 0.592. The summed E-state index contributed by atoms with van der Waals surface area (Å²) in [6, 6.07) is 9.83. The predicted octanol–water partition coefficient (Wildman–Crippen LogP) is 3.89. The third kappa shape index (κ3) is 5.33. The van der Waals surface area contributed by atoms with E-state index in [1.54, 1.807) is 5.38 Å². The monoisotopic (exact) mass is 431 g/mol. The number of aryl methyl sites for hydroxylation is 2. The third-order valence-electron chi connectivity index (χ3n) is 4.23. The molecule has 2 aromatic carbocycles. The van der Waals surface area contributed by atoms with E-state index in [1.807, 2.05) is 26.8 Å². The van der Waals surface area contributed by atoms with E-state index in [4.69, 9.17) is 4.74 Å². The van der Waals surface area contributed by atoms with E-state index in [0.29, 0.717) is 16.6 Å². The fraction of sp³-hybridized carbons (Fsp3) is 0.200. The molecule has 9 heteroatoms. The Morgan fingerprint density at radius 2 is 1.86 bits per heavy atom. The van der Waals surface area contributed by atoms with E-state index >= 15 is 0 Å². The first-order valence-corrected chi connectivity index (χ1v) is 11.1. The fourth-order valence-electron chi connectivity index (χ4n) is 2.66. The summed E-state index contributed by atoms with van der Waals surface area (Å²) < 4.78 is 32.7. The second kappa shape index (κ2) is 8.62. The minimum Gasteiger partial charge on any atom is -0.483 e. The van der Waals surface area contributed by atoms with Crippen LogP contribution in [0.5, 0.6) is 5.75 Å². The minimum absolute atomic E-state index is 0.0767. The van der Waals surface area contributed by atoms with Crippen molar-refractivity contribution in [1.29, 1.82) is 0 Å². The van der Waals surface area contributed by atoms with Gasteiger partial charge in [0.1, 0.15) is 5.75 Å². The summed E-state index contributed by atoms with van der Waals surface area (Å²) in [7, 11) is -3.73. The molecule has 0 unspecified atom stereocenters. The Labute approximate surface area is 173 Å². The molecule has 0 radical (unpaired) electrons. The number of aromatic nitrogens is 1. The van der Waals surface area contributed by atoms with Crippen molar-refractivity contribution in [2.24, 2.45) is 0 Å². The normalized spacial score (nSPS) is 11.1.